The summed E-state index contributed by atoms with van der Waals surface area (Å²) in [6.07, 6.45) is 0.351. The van der Waals surface area contributed by atoms with E-state index in [0.717, 1.165) is 16.7 Å². The Labute approximate surface area is 180 Å². The van der Waals surface area contributed by atoms with Crippen molar-refractivity contribution < 1.29 is 9.59 Å². The Kier molecular flexibility index (Phi) is 5.72. The molecule has 0 saturated carbocycles. The molecule has 1 atom stereocenters. The molecule has 0 bridgehead atoms. The van der Waals surface area contributed by atoms with E-state index in [4.69, 9.17) is 11.6 Å². The average molecular weight is 420 g/mol. The molecular weight excluding hydrogens is 398 g/mol. The maximum Gasteiger partial charge on any atom is 0.276 e. The topological polar surface area (TPSA) is 61.4 Å². The molecule has 3 aromatic carbocycles. The number of rotatable bonds is 5. The van der Waals surface area contributed by atoms with Gasteiger partial charge in [0.1, 0.15) is 6.17 Å². The number of carbonyl (C=O) groups is 2. The summed E-state index contributed by atoms with van der Waals surface area (Å²) in [4.78, 5) is 25.9. The molecule has 1 aliphatic heterocycles. The van der Waals surface area contributed by atoms with Gasteiger partial charge in [0.25, 0.3) is 5.91 Å². The van der Waals surface area contributed by atoms with Crippen molar-refractivity contribution in [3.05, 3.63) is 100 Å². The van der Waals surface area contributed by atoms with Crippen LogP contribution in [0.3, 0.4) is 0 Å². The number of hydrogen-bond acceptors (Lipinski definition) is 3. The molecule has 0 radical (unpaired) electrons. The number of amides is 2. The first-order valence-electron chi connectivity index (χ1n) is 9.81. The summed E-state index contributed by atoms with van der Waals surface area (Å²) in [7, 11) is 0. The molecule has 2 N–H and O–H groups in total. The first kappa shape index (κ1) is 20.0. The zero-order valence-corrected chi connectivity index (χ0v) is 17.3. The van der Waals surface area contributed by atoms with Gasteiger partial charge in [0, 0.05) is 17.1 Å². The van der Waals surface area contributed by atoms with Crippen molar-refractivity contribution in [1.29, 1.82) is 0 Å². The van der Waals surface area contributed by atoms with Crippen LogP contribution in [0, 0.1) is 6.92 Å². The molecule has 2 amide bonds. The molecule has 1 heterocycles. The number of carbonyl (C=O) groups excluding carboxylic acids is 2. The highest BCUT2D eigenvalue weighted by Crippen LogP contribution is 2.33. The maximum absolute atomic E-state index is 13.2. The quantitative estimate of drug-likeness (QED) is 0.619. The van der Waals surface area contributed by atoms with Crippen molar-refractivity contribution in [2.75, 3.05) is 5.32 Å². The third kappa shape index (κ3) is 4.31. The molecule has 4 rings (SSSR count). The van der Waals surface area contributed by atoms with Gasteiger partial charge in [-0.15, -0.1) is 0 Å². The van der Waals surface area contributed by atoms with Gasteiger partial charge in [0.2, 0.25) is 5.91 Å². The van der Waals surface area contributed by atoms with Crippen LogP contribution < -0.4 is 10.7 Å². The minimum Gasteiger partial charge on any atom is -0.359 e. The second-order valence-corrected chi connectivity index (χ2v) is 7.78. The van der Waals surface area contributed by atoms with Crippen LogP contribution in [-0.2, 0) is 11.2 Å². The number of anilines is 1. The van der Waals surface area contributed by atoms with E-state index < -0.39 is 6.17 Å². The molecule has 0 aromatic heterocycles. The Bertz CT molecular complexity index is 1070. The van der Waals surface area contributed by atoms with Gasteiger partial charge in [0.05, 0.1) is 5.56 Å². The van der Waals surface area contributed by atoms with Crippen molar-refractivity contribution in [2.24, 2.45) is 0 Å². The number of nitrogens with zero attached hydrogens (tertiary/aromatic N) is 1. The van der Waals surface area contributed by atoms with Gasteiger partial charge in [-0.05, 0) is 42.7 Å². The van der Waals surface area contributed by atoms with Gasteiger partial charge in [-0.1, -0.05) is 71.8 Å². The SMILES string of the molecule is Cc1ccc(C2Nc3ccc(Cl)cc3C(=O)N2NC(=O)CCc2ccccc2)cc1. The average Bonchev–Trinajstić information content (AvgIpc) is 2.76. The van der Waals surface area contributed by atoms with Crippen LogP contribution in [0.4, 0.5) is 5.69 Å². The first-order chi connectivity index (χ1) is 14.5. The maximum atomic E-state index is 13.2. The highest BCUT2D eigenvalue weighted by molar-refractivity contribution is 6.31. The standard InChI is InChI=1S/C24H22ClN3O2/c1-16-7-10-18(11-8-16)23-26-21-13-12-19(25)15-20(21)24(30)28(23)27-22(29)14-9-17-5-3-2-4-6-17/h2-8,10-13,15,23,26H,9,14H2,1H3,(H,27,29). The van der Waals surface area contributed by atoms with Crippen molar-refractivity contribution in [1.82, 2.24) is 10.4 Å². The third-order valence-corrected chi connectivity index (χ3v) is 5.34. The number of aryl methyl sites for hydroxylation is 2. The van der Waals surface area contributed by atoms with E-state index >= 15 is 0 Å². The van der Waals surface area contributed by atoms with E-state index in [2.05, 4.69) is 10.7 Å². The number of benzene rings is 3. The molecule has 1 unspecified atom stereocenters. The number of hydrogen-bond donors (Lipinski definition) is 2. The Morgan fingerprint density at radius 1 is 1.07 bits per heavy atom. The van der Waals surface area contributed by atoms with Crippen LogP contribution >= 0.6 is 11.6 Å². The first-order valence-corrected chi connectivity index (χ1v) is 10.2. The van der Waals surface area contributed by atoms with Crippen molar-refractivity contribution in [3.8, 4) is 0 Å². The number of halogens is 1. The summed E-state index contributed by atoms with van der Waals surface area (Å²) in [5, 5.41) is 5.17. The Hall–Kier alpha value is -3.31. The predicted octanol–water partition coefficient (Wildman–Crippen LogP) is 4.88. The molecule has 0 saturated heterocycles. The lowest BCUT2D eigenvalue weighted by Gasteiger charge is -2.38. The minimum atomic E-state index is -0.521. The minimum absolute atomic E-state index is 0.225. The highest BCUT2D eigenvalue weighted by atomic mass is 35.5. The van der Waals surface area contributed by atoms with Gasteiger partial charge in [-0.3, -0.25) is 15.0 Å². The smallest absolute Gasteiger partial charge is 0.276 e. The van der Waals surface area contributed by atoms with Crippen LogP contribution in [0.1, 0.15) is 39.6 Å². The van der Waals surface area contributed by atoms with Gasteiger partial charge in [-0.25, -0.2) is 5.01 Å². The summed E-state index contributed by atoms with van der Waals surface area (Å²) in [5.41, 5.74) is 6.97. The third-order valence-electron chi connectivity index (χ3n) is 5.10. The number of hydrazine groups is 1. The van der Waals surface area contributed by atoms with E-state index in [1.807, 2.05) is 61.5 Å². The largest absolute Gasteiger partial charge is 0.359 e. The molecule has 152 valence electrons. The van der Waals surface area contributed by atoms with Gasteiger partial charge >= 0.3 is 0 Å². The lowest BCUT2D eigenvalue weighted by Crippen LogP contribution is -2.52. The summed E-state index contributed by atoms with van der Waals surface area (Å²) in [6, 6.07) is 22.8. The second kappa shape index (κ2) is 8.59. The van der Waals surface area contributed by atoms with E-state index in [1.54, 1.807) is 18.2 Å². The fraction of sp³-hybridized carbons (Fsp3) is 0.167. The molecule has 1 aliphatic rings. The number of nitrogens with one attached hydrogen (secondary N) is 2. The van der Waals surface area contributed by atoms with Crippen molar-refractivity contribution in [3.63, 3.8) is 0 Å². The van der Waals surface area contributed by atoms with Crippen molar-refractivity contribution >= 4 is 29.1 Å². The van der Waals surface area contributed by atoms with Crippen LogP contribution in [0.2, 0.25) is 5.02 Å². The fourth-order valence-corrected chi connectivity index (χ4v) is 3.64. The Balaban J connectivity index is 1.58. The molecule has 0 aliphatic carbocycles. The molecule has 3 aromatic rings. The van der Waals surface area contributed by atoms with Gasteiger partial charge in [0.15, 0.2) is 0 Å². The van der Waals surface area contributed by atoms with Crippen LogP contribution in [0.25, 0.3) is 0 Å². The highest BCUT2D eigenvalue weighted by Gasteiger charge is 2.34. The van der Waals surface area contributed by atoms with E-state index in [0.29, 0.717) is 22.7 Å². The van der Waals surface area contributed by atoms with Gasteiger partial charge in [-0.2, -0.15) is 0 Å². The Morgan fingerprint density at radius 3 is 2.53 bits per heavy atom. The second-order valence-electron chi connectivity index (χ2n) is 7.34. The van der Waals surface area contributed by atoms with Crippen molar-refractivity contribution in [2.45, 2.75) is 25.9 Å². The zero-order valence-electron chi connectivity index (χ0n) is 16.6. The van der Waals surface area contributed by atoms with Gasteiger partial charge < -0.3 is 5.32 Å². The fourth-order valence-electron chi connectivity index (χ4n) is 3.47. The van der Waals surface area contributed by atoms with E-state index in [9.17, 15) is 9.59 Å². The van der Waals surface area contributed by atoms with Crippen LogP contribution in [-0.4, -0.2) is 16.8 Å². The van der Waals surface area contributed by atoms with E-state index in [1.165, 1.54) is 5.01 Å². The Morgan fingerprint density at radius 2 is 1.80 bits per heavy atom. The predicted molar refractivity (Wildman–Crippen MR) is 118 cm³/mol. The monoisotopic (exact) mass is 419 g/mol. The summed E-state index contributed by atoms with van der Waals surface area (Å²) < 4.78 is 0. The van der Waals surface area contributed by atoms with Crippen LogP contribution in [0.15, 0.2) is 72.8 Å². The normalized spacial score (nSPS) is 15.3. The summed E-state index contributed by atoms with van der Waals surface area (Å²) in [5.74, 6) is -0.526. The van der Waals surface area contributed by atoms with E-state index in [-0.39, 0.29) is 18.2 Å². The summed E-state index contributed by atoms with van der Waals surface area (Å²) in [6.45, 7) is 2.00. The zero-order chi connectivity index (χ0) is 21.1. The molecule has 6 heteroatoms. The molecule has 5 nitrogen and oxygen atoms in total. The van der Waals surface area contributed by atoms with Crippen LogP contribution in [0.5, 0.6) is 0 Å². The lowest BCUT2D eigenvalue weighted by molar-refractivity contribution is -0.125. The molecule has 30 heavy (non-hydrogen) atoms. The number of fused-ring (bicyclic) bond motifs is 1. The lowest BCUT2D eigenvalue weighted by atomic mass is 10.0. The summed E-state index contributed by atoms with van der Waals surface area (Å²) >= 11 is 6.10. The molecule has 0 spiro atoms. The molecular formula is C24H22ClN3O2. The molecule has 0 fully saturated rings.